The molecular formula is C17H31N3. The van der Waals surface area contributed by atoms with E-state index >= 15 is 0 Å². The molecule has 0 spiro atoms. The van der Waals surface area contributed by atoms with E-state index in [4.69, 9.17) is 0 Å². The van der Waals surface area contributed by atoms with Crippen molar-refractivity contribution in [3.63, 3.8) is 0 Å². The maximum Gasteiger partial charge on any atom is 0.0664 e. The first kappa shape index (κ1) is 17.0. The molecule has 114 valence electrons. The van der Waals surface area contributed by atoms with Gasteiger partial charge in [0.15, 0.2) is 0 Å². The highest BCUT2D eigenvalue weighted by molar-refractivity contribution is 5.12. The third-order valence-electron chi connectivity index (χ3n) is 3.46. The minimum absolute atomic E-state index is 0.205. The van der Waals surface area contributed by atoms with E-state index in [2.05, 4.69) is 75.0 Å². The minimum atomic E-state index is 0.205. The number of hydrogen-bond donors (Lipinski definition) is 1. The van der Waals surface area contributed by atoms with Gasteiger partial charge in [-0.05, 0) is 60.1 Å². The molecule has 0 bridgehead atoms. The molecule has 0 aliphatic heterocycles. The lowest BCUT2D eigenvalue weighted by molar-refractivity contribution is 0.431. The first-order valence-corrected chi connectivity index (χ1v) is 7.76. The van der Waals surface area contributed by atoms with Crippen molar-refractivity contribution in [2.75, 3.05) is 6.54 Å². The SMILES string of the molecule is CCC(C)n1ccc(CC(C)=CCCNC(C)(C)C)n1. The molecule has 0 aliphatic carbocycles. The van der Waals surface area contributed by atoms with Crippen molar-refractivity contribution < 1.29 is 0 Å². The molecule has 3 heteroatoms. The van der Waals surface area contributed by atoms with Crippen LogP contribution in [-0.2, 0) is 6.42 Å². The fourth-order valence-electron chi connectivity index (χ4n) is 2.03. The molecule has 3 nitrogen and oxygen atoms in total. The van der Waals surface area contributed by atoms with Crippen molar-refractivity contribution in [3.05, 3.63) is 29.6 Å². The first-order valence-electron chi connectivity index (χ1n) is 7.76. The maximum absolute atomic E-state index is 4.65. The highest BCUT2D eigenvalue weighted by atomic mass is 15.3. The Hall–Kier alpha value is -1.09. The monoisotopic (exact) mass is 277 g/mol. The minimum Gasteiger partial charge on any atom is -0.312 e. The predicted molar refractivity (Wildman–Crippen MR) is 87.1 cm³/mol. The number of rotatable bonds is 7. The van der Waals surface area contributed by atoms with Crippen LogP contribution in [0.25, 0.3) is 0 Å². The van der Waals surface area contributed by atoms with E-state index in [0.29, 0.717) is 6.04 Å². The number of nitrogens with zero attached hydrogens (tertiary/aromatic N) is 2. The molecule has 1 aromatic heterocycles. The third-order valence-corrected chi connectivity index (χ3v) is 3.46. The van der Waals surface area contributed by atoms with Gasteiger partial charge in [-0.2, -0.15) is 5.10 Å². The van der Waals surface area contributed by atoms with Gasteiger partial charge < -0.3 is 5.32 Å². The van der Waals surface area contributed by atoms with E-state index in [1.54, 1.807) is 0 Å². The standard InChI is InChI=1S/C17H31N3/c1-7-15(3)20-12-10-16(19-20)13-14(2)9-8-11-18-17(4,5)6/h9-10,12,15,18H,7-8,11,13H2,1-6H3. The van der Waals surface area contributed by atoms with E-state index < -0.39 is 0 Å². The fourth-order valence-corrected chi connectivity index (χ4v) is 2.03. The molecular weight excluding hydrogens is 246 g/mol. The van der Waals surface area contributed by atoms with Gasteiger partial charge in [0.05, 0.1) is 5.69 Å². The number of allylic oxidation sites excluding steroid dienone is 1. The average molecular weight is 277 g/mol. The molecule has 0 saturated carbocycles. The summed E-state index contributed by atoms with van der Waals surface area (Å²) >= 11 is 0. The van der Waals surface area contributed by atoms with Crippen molar-refractivity contribution in [3.8, 4) is 0 Å². The smallest absolute Gasteiger partial charge is 0.0664 e. The Balaban J connectivity index is 2.41. The van der Waals surface area contributed by atoms with Gasteiger partial charge in [0.2, 0.25) is 0 Å². The van der Waals surface area contributed by atoms with E-state index in [-0.39, 0.29) is 5.54 Å². The van der Waals surface area contributed by atoms with Gasteiger partial charge in [-0.3, -0.25) is 4.68 Å². The summed E-state index contributed by atoms with van der Waals surface area (Å²) in [4.78, 5) is 0. The highest BCUT2D eigenvalue weighted by Gasteiger charge is 2.07. The lowest BCUT2D eigenvalue weighted by atomic mass is 10.1. The normalized spacial score (nSPS) is 14.6. The van der Waals surface area contributed by atoms with Gasteiger partial charge in [-0.15, -0.1) is 0 Å². The zero-order valence-electron chi connectivity index (χ0n) is 14.0. The molecule has 1 unspecified atom stereocenters. The van der Waals surface area contributed by atoms with E-state index in [1.807, 2.05) is 0 Å². The molecule has 0 saturated heterocycles. The van der Waals surface area contributed by atoms with Crippen LogP contribution in [0.3, 0.4) is 0 Å². The molecule has 0 amide bonds. The van der Waals surface area contributed by atoms with Crippen LogP contribution in [-0.4, -0.2) is 21.9 Å². The molecule has 0 fully saturated rings. The lowest BCUT2D eigenvalue weighted by Gasteiger charge is -2.19. The number of hydrogen-bond acceptors (Lipinski definition) is 2. The predicted octanol–water partition coefficient (Wildman–Crippen LogP) is 4.12. The summed E-state index contributed by atoms with van der Waals surface area (Å²) < 4.78 is 2.07. The second kappa shape index (κ2) is 7.63. The molecule has 20 heavy (non-hydrogen) atoms. The third kappa shape index (κ3) is 6.38. The topological polar surface area (TPSA) is 29.9 Å². The molecule has 0 aliphatic rings. The van der Waals surface area contributed by atoms with Crippen LogP contribution in [0.1, 0.15) is 66.1 Å². The summed E-state index contributed by atoms with van der Waals surface area (Å²) in [5.41, 5.74) is 2.77. The molecule has 0 radical (unpaired) electrons. The van der Waals surface area contributed by atoms with Gasteiger partial charge in [0, 0.05) is 24.2 Å². The van der Waals surface area contributed by atoms with Crippen molar-refractivity contribution in [1.82, 2.24) is 15.1 Å². The Labute approximate surface area is 124 Å². The van der Waals surface area contributed by atoms with Crippen LogP contribution >= 0.6 is 0 Å². The summed E-state index contributed by atoms with van der Waals surface area (Å²) in [7, 11) is 0. The van der Waals surface area contributed by atoms with Crippen molar-refractivity contribution >= 4 is 0 Å². The first-order chi connectivity index (χ1) is 9.31. The number of aromatic nitrogens is 2. The molecule has 0 aromatic carbocycles. The van der Waals surface area contributed by atoms with Crippen molar-refractivity contribution in [1.29, 1.82) is 0 Å². The molecule has 1 N–H and O–H groups in total. The van der Waals surface area contributed by atoms with E-state index in [1.165, 1.54) is 11.3 Å². The summed E-state index contributed by atoms with van der Waals surface area (Å²) in [6.07, 6.45) is 7.57. The Kier molecular flexibility index (Phi) is 6.47. The van der Waals surface area contributed by atoms with Gasteiger partial charge in [-0.1, -0.05) is 18.6 Å². The molecule has 1 heterocycles. The van der Waals surface area contributed by atoms with E-state index in [9.17, 15) is 0 Å². The lowest BCUT2D eigenvalue weighted by Crippen LogP contribution is -2.36. The Morgan fingerprint density at radius 2 is 2.15 bits per heavy atom. The Morgan fingerprint density at radius 1 is 1.45 bits per heavy atom. The van der Waals surface area contributed by atoms with Crippen molar-refractivity contribution in [2.24, 2.45) is 0 Å². The Morgan fingerprint density at radius 3 is 2.75 bits per heavy atom. The van der Waals surface area contributed by atoms with Gasteiger partial charge in [0.25, 0.3) is 0 Å². The summed E-state index contributed by atoms with van der Waals surface area (Å²) in [6.45, 7) is 14.2. The van der Waals surface area contributed by atoms with Crippen molar-refractivity contribution in [2.45, 2.75) is 72.4 Å². The molecule has 1 aromatic rings. The maximum atomic E-state index is 4.65. The average Bonchev–Trinajstić information content (AvgIpc) is 2.81. The van der Waals surface area contributed by atoms with Crippen LogP contribution in [0.4, 0.5) is 0 Å². The quantitative estimate of drug-likeness (QED) is 0.600. The number of nitrogens with one attached hydrogen (secondary N) is 1. The molecule has 1 rings (SSSR count). The summed E-state index contributed by atoms with van der Waals surface area (Å²) in [6, 6.07) is 2.63. The van der Waals surface area contributed by atoms with Gasteiger partial charge >= 0.3 is 0 Å². The van der Waals surface area contributed by atoms with E-state index in [0.717, 1.165) is 25.8 Å². The second-order valence-electron chi connectivity index (χ2n) is 6.74. The van der Waals surface area contributed by atoms with Crippen LogP contribution in [0, 0.1) is 0 Å². The van der Waals surface area contributed by atoms with Crippen LogP contribution < -0.4 is 5.32 Å². The van der Waals surface area contributed by atoms with Crippen LogP contribution in [0.15, 0.2) is 23.9 Å². The Bertz CT molecular complexity index is 424. The fraction of sp³-hybridized carbons (Fsp3) is 0.706. The zero-order chi connectivity index (χ0) is 15.2. The van der Waals surface area contributed by atoms with Gasteiger partial charge in [-0.25, -0.2) is 0 Å². The summed E-state index contributed by atoms with van der Waals surface area (Å²) in [5.74, 6) is 0. The van der Waals surface area contributed by atoms with Gasteiger partial charge in [0.1, 0.15) is 0 Å². The zero-order valence-corrected chi connectivity index (χ0v) is 14.0. The largest absolute Gasteiger partial charge is 0.312 e. The highest BCUT2D eigenvalue weighted by Crippen LogP contribution is 2.12. The molecule has 1 atom stereocenters. The summed E-state index contributed by atoms with van der Waals surface area (Å²) in [5, 5.41) is 8.15. The van der Waals surface area contributed by atoms with Crippen LogP contribution in [0.5, 0.6) is 0 Å². The van der Waals surface area contributed by atoms with Crippen LogP contribution in [0.2, 0.25) is 0 Å². The second-order valence-corrected chi connectivity index (χ2v) is 6.74.